The van der Waals surface area contributed by atoms with E-state index in [1.54, 1.807) is 24.3 Å². The molecule has 2 nitrogen and oxygen atoms in total. The average Bonchev–Trinajstić information content (AvgIpc) is 2.05. The Balaban J connectivity index is 2.90. The van der Waals surface area contributed by atoms with Gasteiger partial charge >= 0.3 is 5.97 Å². The fourth-order valence-corrected chi connectivity index (χ4v) is 0.984. The Morgan fingerprint density at radius 3 is 2.36 bits per heavy atom. The van der Waals surface area contributed by atoms with Gasteiger partial charge in [0, 0.05) is 4.47 Å². The molecule has 11 heavy (non-hydrogen) atoms. The predicted octanol–water partition coefficient (Wildman–Crippen LogP) is 2.76. The summed E-state index contributed by atoms with van der Waals surface area (Å²) in [4.78, 5) is 10.8. The van der Waals surface area contributed by atoms with Gasteiger partial charge < -0.3 is 4.29 Å². The van der Waals surface area contributed by atoms with E-state index < -0.39 is 5.97 Å². The van der Waals surface area contributed by atoms with Gasteiger partial charge in [0.25, 0.3) is 0 Å². The van der Waals surface area contributed by atoms with Crippen molar-refractivity contribution in [2.24, 2.45) is 0 Å². The number of benzene rings is 1. The van der Waals surface area contributed by atoms with E-state index in [-0.39, 0.29) is 0 Å². The summed E-state index contributed by atoms with van der Waals surface area (Å²) in [6.45, 7) is 0. The normalized spacial score (nSPS) is 9.27. The first-order chi connectivity index (χ1) is 5.24. The summed E-state index contributed by atoms with van der Waals surface area (Å²) in [6.07, 6.45) is 0. The lowest BCUT2D eigenvalue weighted by Crippen LogP contribution is -1.96. The van der Waals surface area contributed by atoms with Gasteiger partial charge in [0.2, 0.25) is 0 Å². The molecule has 0 N–H and O–H groups in total. The van der Waals surface area contributed by atoms with Gasteiger partial charge in [0.05, 0.1) is 5.56 Å². The quantitative estimate of drug-likeness (QED) is 0.748. The van der Waals surface area contributed by atoms with Crippen molar-refractivity contribution in [1.82, 2.24) is 0 Å². The monoisotopic (exact) mass is 234 g/mol. The Morgan fingerprint density at radius 1 is 1.36 bits per heavy atom. The molecule has 0 aliphatic rings. The second-order valence-corrected chi connectivity index (χ2v) is 2.94. The van der Waals surface area contributed by atoms with E-state index in [9.17, 15) is 4.79 Å². The molecule has 0 amide bonds. The smallest absolute Gasteiger partial charge is 0.343 e. The Kier molecular flexibility index (Phi) is 2.91. The topological polar surface area (TPSA) is 26.3 Å². The Labute approximate surface area is 77.4 Å². The van der Waals surface area contributed by atoms with Crippen LogP contribution in [0.5, 0.6) is 0 Å². The molecule has 1 rings (SSSR count). The molecule has 0 fully saturated rings. The Hall–Kier alpha value is -0.540. The number of halogens is 2. The molecule has 0 unspecified atom stereocenters. The van der Waals surface area contributed by atoms with Crippen molar-refractivity contribution >= 4 is 33.8 Å². The van der Waals surface area contributed by atoms with Crippen LogP contribution >= 0.6 is 27.8 Å². The van der Waals surface area contributed by atoms with Gasteiger partial charge in [0.15, 0.2) is 0 Å². The molecule has 1 aromatic rings. The van der Waals surface area contributed by atoms with Crippen molar-refractivity contribution in [1.29, 1.82) is 0 Å². The van der Waals surface area contributed by atoms with Crippen LogP contribution in [-0.2, 0) is 4.29 Å². The maximum Gasteiger partial charge on any atom is 0.356 e. The summed E-state index contributed by atoms with van der Waals surface area (Å²) < 4.78 is 4.90. The number of carbonyl (C=O) groups excluding carboxylic acids is 1. The van der Waals surface area contributed by atoms with E-state index in [4.69, 9.17) is 11.9 Å². The molecule has 0 aliphatic heterocycles. The van der Waals surface area contributed by atoms with Crippen molar-refractivity contribution in [3.05, 3.63) is 34.3 Å². The SMILES string of the molecule is O=C(OCl)c1ccc(Br)cc1. The lowest BCUT2D eigenvalue weighted by Gasteiger charge is -1.94. The van der Waals surface area contributed by atoms with E-state index in [0.717, 1.165) is 4.47 Å². The third-order valence-corrected chi connectivity index (χ3v) is 1.82. The van der Waals surface area contributed by atoms with Crippen LogP contribution in [0.3, 0.4) is 0 Å². The van der Waals surface area contributed by atoms with Crippen LogP contribution in [0.4, 0.5) is 0 Å². The molecule has 0 spiro atoms. The van der Waals surface area contributed by atoms with Gasteiger partial charge in [-0.05, 0) is 24.3 Å². The lowest BCUT2D eigenvalue weighted by atomic mass is 10.2. The summed E-state index contributed by atoms with van der Waals surface area (Å²) in [5, 5.41) is 0. The number of rotatable bonds is 1. The minimum Gasteiger partial charge on any atom is -0.343 e. The first kappa shape index (κ1) is 8.56. The molecule has 0 aliphatic carbocycles. The standard InChI is InChI=1S/C7H4BrClO2/c8-6-3-1-5(2-4-6)7(10)11-9/h1-4H. The molecule has 0 aromatic heterocycles. The highest BCUT2D eigenvalue weighted by atomic mass is 79.9. The summed E-state index contributed by atoms with van der Waals surface area (Å²) in [5.41, 5.74) is 0.434. The van der Waals surface area contributed by atoms with Crippen molar-refractivity contribution < 1.29 is 9.08 Å². The van der Waals surface area contributed by atoms with Gasteiger partial charge in [-0.25, -0.2) is 4.79 Å². The van der Waals surface area contributed by atoms with E-state index >= 15 is 0 Å². The van der Waals surface area contributed by atoms with E-state index in [2.05, 4.69) is 20.2 Å². The summed E-state index contributed by atoms with van der Waals surface area (Å²) in [5.74, 6) is -0.542. The van der Waals surface area contributed by atoms with Crippen molar-refractivity contribution in [3.8, 4) is 0 Å². The molecule has 58 valence electrons. The van der Waals surface area contributed by atoms with Crippen molar-refractivity contribution in [3.63, 3.8) is 0 Å². The highest BCUT2D eigenvalue weighted by Crippen LogP contribution is 2.11. The molecular formula is C7H4BrClO2. The zero-order chi connectivity index (χ0) is 8.27. The van der Waals surface area contributed by atoms with Crippen LogP contribution in [-0.4, -0.2) is 5.97 Å². The van der Waals surface area contributed by atoms with Crippen molar-refractivity contribution in [2.45, 2.75) is 0 Å². The maximum absolute atomic E-state index is 10.8. The van der Waals surface area contributed by atoms with Gasteiger partial charge in [-0.3, -0.25) is 0 Å². The molecule has 0 atom stereocenters. The van der Waals surface area contributed by atoms with E-state index in [1.165, 1.54) is 0 Å². The number of carbonyl (C=O) groups is 1. The zero-order valence-electron chi connectivity index (χ0n) is 5.38. The molecule has 1 aromatic carbocycles. The van der Waals surface area contributed by atoms with Crippen LogP contribution in [0.25, 0.3) is 0 Å². The molecular weight excluding hydrogens is 231 g/mol. The third kappa shape index (κ3) is 2.20. The first-order valence-corrected chi connectivity index (χ1v) is 3.92. The molecule has 0 radical (unpaired) electrons. The Morgan fingerprint density at radius 2 is 1.91 bits per heavy atom. The predicted molar refractivity (Wildman–Crippen MR) is 45.4 cm³/mol. The second kappa shape index (κ2) is 3.74. The first-order valence-electron chi connectivity index (χ1n) is 2.82. The van der Waals surface area contributed by atoms with Crippen LogP contribution in [0.15, 0.2) is 28.7 Å². The van der Waals surface area contributed by atoms with E-state index in [1.807, 2.05) is 0 Å². The number of hydrogen-bond donors (Lipinski definition) is 0. The maximum atomic E-state index is 10.8. The van der Waals surface area contributed by atoms with Gasteiger partial charge in [0.1, 0.15) is 11.9 Å². The fraction of sp³-hybridized carbons (Fsp3) is 0. The fourth-order valence-electron chi connectivity index (χ4n) is 0.631. The summed E-state index contributed by atoms with van der Waals surface area (Å²) in [6, 6.07) is 6.72. The average molecular weight is 235 g/mol. The van der Waals surface area contributed by atoms with Crippen LogP contribution < -0.4 is 0 Å². The molecule has 0 heterocycles. The minimum atomic E-state index is -0.542. The van der Waals surface area contributed by atoms with Crippen LogP contribution in [0, 0.1) is 0 Å². The van der Waals surface area contributed by atoms with Gasteiger partial charge in [-0.1, -0.05) is 15.9 Å². The minimum absolute atomic E-state index is 0.434. The highest BCUT2D eigenvalue weighted by molar-refractivity contribution is 9.10. The molecule has 0 saturated carbocycles. The van der Waals surface area contributed by atoms with Gasteiger partial charge in [-0.2, -0.15) is 0 Å². The van der Waals surface area contributed by atoms with E-state index in [0.29, 0.717) is 5.56 Å². The van der Waals surface area contributed by atoms with Crippen molar-refractivity contribution in [2.75, 3.05) is 0 Å². The van der Waals surface area contributed by atoms with Crippen LogP contribution in [0.1, 0.15) is 10.4 Å². The second-order valence-electron chi connectivity index (χ2n) is 1.87. The lowest BCUT2D eigenvalue weighted by molar-refractivity contribution is 0.0751. The summed E-state index contributed by atoms with van der Waals surface area (Å²) >= 11 is 8.10. The number of hydrogen-bond acceptors (Lipinski definition) is 2. The molecule has 0 bridgehead atoms. The van der Waals surface area contributed by atoms with Crippen LogP contribution in [0.2, 0.25) is 0 Å². The summed E-state index contributed by atoms with van der Waals surface area (Å²) in [7, 11) is 0. The highest BCUT2D eigenvalue weighted by Gasteiger charge is 2.04. The Bertz CT molecular complexity index is 258. The van der Waals surface area contributed by atoms with Gasteiger partial charge in [-0.15, -0.1) is 0 Å². The third-order valence-electron chi connectivity index (χ3n) is 1.15. The zero-order valence-corrected chi connectivity index (χ0v) is 7.72. The molecule has 4 heteroatoms. The molecule has 0 saturated heterocycles. The largest absolute Gasteiger partial charge is 0.356 e.